The standard InChI is InChI=1S/C20H27N5O2S/c1-4-18-22-24(12-19(26)21-11-14-7-6-8-23(14)5-2)20(27)16-10-17-15(25(16)18)9-13(3)28-17/h9-10,14H,4-8,11-12H2,1-3H3,(H,21,26). The molecular formula is C20H27N5O2S. The second-order valence-corrected chi connectivity index (χ2v) is 8.72. The summed E-state index contributed by atoms with van der Waals surface area (Å²) >= 11 is 1.67. The molecule has 0 saturated carbocycles. The molecule has 7 nitrogen and oxygen atoms in total. The molecule has 0 radical (unpaired) electrons. The quantitative estimate of drug-likeness (QED) is 0.687. The molecule has 0 spiro atoms. The first-order chi connectivity index (χ1) is 13.5. The van der Waals surface area contributed by atoms with Gasteiger partial charge < -0.3 is 5.32 Å². The van der Waals surface area contributed by atoms with Gasteiger partial charge >= 0.3 is 0 Å². The zero-order chi connectivity index (χ0) is 19.8. The van der Waals surface area contributed by atoms with Crippen LogP contribution < -0.4 is 10.9 Å². The number of amides is 1. The van der Waals surface area contributed by atoms with E-state index in [1.807, 2.05) is 17.4 Å². The van der Waals surface area contributed by atoms with Gasteiger partial charge in [-0.2, -0.15) is 5.10 Å². The lowest BCUT2D eigenvalue weighted by Gasteiger charge is -2.22. The highest BCUT2D eigenvalue weighted by Crippen LogP contribution is 2.28. The molecule has 28 heavy (non-hydrogen) atoms. The molecule has 150 valence electrons. The van der Waals surface area contributed by atoms with Crippen molar-refractivity contribution >= 4 is 33.0 Å². The highest BCUT2D eigenvalue weighted by molar-refractivity contribution is 7.19. The Hall–Kier alpha value is -2.19. The maximum Gasteiger partial charge on any atom is 0.291 e. The van der Waals surface area contributed by atoms with Crippen molar-refractivity contribution < 1.29 is 4.79 Å². The summed E-state index contributed by atoms with van der Waals surface area (Å²) in [5.74, 6) is 0.635. The SMILES string of the molecule is CCc1nn(CC(=O)NCC2CCCN2CC)c(=O)c2cc3sc(C)cc3n12. The first-order valence-corrected chi connectivity index (χ1v) is 10.9. The van der Waals surface area contributed by atoms with Crippen molar-refractivity contribution in [2.45, 2.75) is 52.6 Å². The zero-order valence-electron chi connectivity index (χ0n) is 16.7. The monoisotopic (exact) mass is 401 g/mol. The van der Waals surface area contributed by atoms with E-state index in [4.69, 9.17) is 0 Å². The number of fused-ring (bicyclic) bond motifs is 3. The Morgan fingerprint density at radius 2 is 2.14 bits per heavy atom. The molecule has 0 aromatic carbocycles. The van der Waals surface area contributed by atoms with Crippen LogP contribution in [0.4, 0.5) is 0 Å². The van der Waals surface area contributed by atoms with Crippen molar-refractivity contribution in [2.75, 3.05) is 19.6 Å². The minimum absolute atomic E-state index is 0.0426. The van der Waals surface area contributed by atoms with Crippen molar-refractivity contribution in [2.24, 2.45) is 0 Å². The van der Waals surface area contributed by atoms with Gasteiger partial charge in [-0.25, -0.2) is 4.68 Å². The minimum Gasteiger partial charge on any atom is -0.353 e. The van der Waals surface area contributed by atoms with Crippen LogP contribution in [0.3, 0.4) is 0 Å². The fraction of sp³-hybridized carbons (Fsp3) is 0.550. The Labute approximate surface area is 167 Å². The maximum atomic E-state index is 12.9. The van der Waals surface area contributed by atoms with Crippen LogP contribution in [0.25, 0.3) is 15.7 Å². The smallest absolute Gasteiger partial charge is 0.291 e. The van der Waals surface area contributed by atoms with Gasteiger partial charge in [0, 0.05) is 23.9 Å². The number of hydrogen-bond donors (Lipinski definition) is 1. The zero-order valence-corrected chi connectivity index (χ0v) is 17.5. The molecular weight excluding hydrogens is 374 g/mol. The minimum atomic E-state index is -0.218. The number of likely N-dealkylation sites (N-methyl/N-ethyl adjacent to an activating group) is 1. The Bertz CT molecular complexity index is 1080. The summed E-state index contributed by atoms with van der Waals surface area (Å²) in [5.41, 5.74) is 1.40. The van der Waals surface area contributed by atoms with Crippen LogP contribution in [0.2, 0.25) is 0 Å². The van der Waals surface area contributed by atoms with Gasteiger partial charge in [-0.05, 0) is 45.0 Å². The molecule has 1 aliphatic rings. The van der Waals surface area contributed by atoms with E-state index in [0.29, 0.717) is 24.5 Å². The molecule has 1 unspecified atom stereocenters. The number of nitrogens with zero attached hydrogens (tertiary/aromatic N) is 4. The molecule has 0 aliphatic carbocycles. The number of rotatable bonds is 6. The van der Waals surface area contributed by atoms with Gasteiger partial charge in [-0.15, -0.1) is 11.3 Å². The molecule has 4 heterocycles. The number of aromatic nitrogens is 3. The molecule has 1 saturated heterocycles. The highest BCUT2D eigenvalue weighted by Gasteiger charge is 2.23. The number of thiophene rings is 1. The van der Waals surface area contributed by atoms with Gasteiger partial charge in [0.05, 0.1) is 10.2 Å². The average molecular weight is 402 g/mol. The van der Waals surface area contributed by atoms with Crippen LogP contribution in [-0.4, -0.2) is 50.7 Å². The summed E-state index contributed by atoms with van der Waals surface area (Å²) in [6.07, 6.45) is 2.97. The van der Waals surface area contributed by atoms with E-state index < -0.39 is 0 Å². The number of hydrogen-bond acceptors (Lipinski definition) is 5. The van der Waals surface area contributed by atoms with Crippen LogP contribution >= 0.6 is 11.3 Å². The lowest BCUT2D eigenvalue weighted by atomic mass is 10.2. The normalized spacial score (nSPS) is 17.8. The number of nitrogens with one attached hydrogen (secondary N) is 1. The third kappa shape index (κ3) is 3.35. The van der Waals surface area contributed by atoms with Crippen LogP contribution in [-0.2, 0) is 17.8 Å². The lowest BCUT2D eigenvalue weighted by Crippen LogP contribution is -2.42. The van der Waals surface area contributed by atoms with Gasteiger partial charge in [0.1, 0.15) is 17.9 Å². The molecule has 1 atom stereocenters. The first-order valence-electron chi connectivity index (χ1n) is 10.0. The van der Waals surface area contributed by atoms with Crippen molar-refractivity contribution in [3.8, 4) is 0 Å². The summed E-state index contributed by atoms with van der Waals surface area (Å²) < 4.78 is 4.33. The second kappa shape index (κ2) is 7.67. The Kier molecular flexibility index (Phi) is 5.25. The Morgan fingerprint density at radius 1 is 1.32 bits per heavy atom. The molecule has 3 aromatic heterocycles. The molecule has 1 aliphatic heterocycles. The van der Waals surface area contributed by atoms with Crippen LogP contribution in [0.1, 0.15) is 37.4 Å². The summed E-state index contributed by atoms with van der Waals surface area (Å²) in [4.78, 5) is 29.0. The molecule has 8 heteroatoms. The van der Waals surface area contributed by atoms with E-state index in [1.54, 1.807) is 11.3 Å². The summed E-state index contributed by atoms with van der Waals surface area (Å²) in [7, 11) is 0. The maximum absolute atomic E-state index is 12.9. The van der Waals surface area contributed by atoms with Crippen LogP contribution in [0, 0.1) is 6.92 Å². The van der Waals surface area contributed by atoms with Crippen molar-refractivity contribution in [3.63, 3.8) is 0 Å². The van der Waals surface area contributed by atoms with Crippen molar-refractivity contribution in [3.05, 3.63) is 33.2 Å². The number of aryl methyl sites for hydroxylation is 2. The molecule has 0 bridgehead atoms. The summed E-state index contributed by atoms with van der Waals surface area (Å²) in [6, 6.07) is 4.40. The predicted octanol–water partition coefficient (Wildman–Crippen LogP) is 2.18. The Morgan fingerprint density at radius 3 is 2.89 bits per heavy atom. The largest absolute Gasteiger partial charge is 0.353 e. The summed E-state index contributed by atoms with van der Waals surface area (Å²) in [6.45, 7) is 8.91. The lowest BCUT2D eigenvalue weighted by molar-refractivity contribution is -0.122. The molecule has 4 rings (SSSR count). The van der Waals surface area contributed by atoms with E-state index >= 15 is 0 Å². The van der Waals surface area contributed by atoms with Gasteiger partial charge in [0.15, 0.2) is 0 Å². The third-order valence-electron chi connectivity index (χ3n) is 5.61. The summed E-state index contributed by atoms with van der Waals surface area (Å²) in [5, 5.41) is 7.50. The van der Waals surface area contributed by atoms with Crippen LogP contribution in [0.5, 0.6) is 0 Å². The van der Waals surface area contributed by atoms with Gasteiger partial charge in [0.25, 0.3) is 5.56 Å². The highest BCUT2D eigenvalue weighted by atomic mass is 32.1. The fourth-order valence-corrected chi connectivity index (χ4v) is 5.16. The van der Waals surface area contributed by atoms with E-state index in [1.165, 1.54) is 16.0 Å². The number of carbonyl (C=O) groups excluding carboxylic acids is 1. The Balaban J connectivity index is 1.57. The van der Waals surface area contributed by atoms with Gasteiger partial charge in [-0.1, -0.05) is 13.8 Å². The van der Waals surface area contributed by atoms with E-state index in [-0.39, 0.29) is 18.0 Å². The van der Waals surface area contributed by atoms with E-state index in [0.717, 1.165) is 35.6 Å². The molecule has 1 fully saturated rings. The topological polar surface area (TPSA) is 71.6 Å². The molecule has 1 amide bonds. The van der Waals surface area contributed by atoms with Gasteiger partial charge in [0.2, 0.25) is 5.91 Å². The van der Waals surface area contributed by atoms with Crippen molar-refractivity contribution in [1.29, 1.82) is 0 Å². The molecule has 1 N–H and O–H groups in total. The molecule has 3 aromatic rings. The second-order valence-electron chi connectivity index (χ2n) is 7.43. The number of likely N-dealkylation sites (tertiary alicyclic amines) is 1. The van der Waals surface area contributed by atoms with E-state index in [9.17, 15) is 9.59 Å². The fourth-order valence-electron chi connectivity index (χ4n) is 4.21. The predicted molar refractivity (Wildman–Crippen MR) is 112 cm³/mol. The number of carbonyl (C=O) groups is 1. The average Bonchev–Trinajstić information content (AvgIpc) is 3.36. The van der Waals surface area contributed by atoms with Gasteiger partial charge in [-0.3, -0.25) is 18.9 Å². The van der Waals surface area contributed by atoms with E-state index in [2.05, 4.69) is 35.2 Å². The third-order valence-corrected chi connectivity index (χ3v) is 6.60. The first kappa shape index (κ1) is 19.1. The van der Waals surface area contributed by atoms with Crippen molar-refractivity contribution in [1.82, 2.24) is 24.4 Å². The van der Waals surface area contributed by atoms with Crippen LogP contribution in [0.15, 0.2) is 16.9 Å².